The molecule has 2 aliphatic heterocycles. The van der Waals surface area contributed by atoms with E-state index < -0.39 is 29.7 Å². The Kier molecular flexibility index (Phi) is 4.21. The highest BCUT2D eigenvalue weighted by molar-refractivity contribution is 6.23. The lowest BCUT2D eigenvalue weighted by Crippen LogP contribution is -2.54. The zero-order valence-electron chi connectivity index (χ0n) is 13.3. The highest BCUT2D eigenvalue weighted by atomic mass is 16.2. The molecule has 1 saturated heterocycles. The van der Waals surface area contributed by atoms with Crippen molar-refractivity contribution >= 4 is 29.3 Å². The molecular weight excluding hydrogens is 338 g/mol. The van der Waals surface area contributed by atoms with E-state index in [0.717, 1.165) is 4.90 Å². The number of piperidine rings is 1. The molecule has 2 aliphatic rings. The Morgan fingerprint density at radius 2 is 1.85 bits per heavy atom. The van der Waals surface area contributed by atoms with Crippen molar-refractivity contribution < 1.29 is 19.2 Å². The van der Waals surface area contributed by atoms with Crippen molar-refractivity contribution in [2.24, 2.45) is 0 Å². The van der Waals surface area contributed by atoms with Gasteiger partial charge in [-0.2, -0.15) is 10.5 Å². The monoisotopic (exact) mass is 349 g/mol. The molecule has 1 aromatic rings. The molecule has 0 saturated carbocycles. The number of hydrogen-bond donors (Lipinski definition) is 2. The fourth-order valence-corrected chi connectivity index (χ4v) is 2.81. The number of benzene rings is 1. The number of nitrogens with zero attached hydrogens (tertiary/aromatic N) is 3. The quantitative estimate of drug-likeness (QED) is 0.595. The summed E-state index contributed by atoms with van der Waals surface area (Å²) in [5.74, 6) is -2.35. The maximum Gasteiger partial charge on any atom is 0.262 e. The van der Waals surface area contributed by atoms with Crippen molar-refractivity contribution in [2.75, 3.05) is 5.32 Å². The first-order chi connectivity index (χ1) is 12.5. The van der Waals surface area contributed by atoms with Crippen molar-refractivity contribution in [2.45, 2.75) is 18.9 Å². The maximum absolute atomic E-state index is 12.6. The predicted molar refractivity (Wildman–Crippen MR) is 86.0 cm³/mol. The number of amides is 4. The maximum atomic E-state index is 12.6. The predicted octanol–water partition coefficient (Wildman–Crippen LogP) is 0.431. The molecule has 0 radical (unpaired) electrons. The first kappa shape index (κ1) is 16.9. The number of carbonyl (C=O) groups is 4. The number of nitriles is 2. The molecule has 128 valence electrons. The Morgan fingerprint density at radius 1 is 1.15 bits per heavy atom. The number of hydrogen-bond acceptors (Lipinski definition) is 7. The fraction of sp³-hybridized carbons (Fsp3) is 0.176. The van der Waals surface area contributed by atoms with E-state index in [1.165, 1.54) is 24.4 Å². The molecule has 9 heteroatoms. The van der Waals surface area contributed by atoms with Gasteiger partial charge in [0.15, 0.2) is 0 Å². The average Bonchev–Trinajstić information content (AvgIpc) is 2.87. The molecule has 3 rings (SSSR count). The largest absolute Gasteiger partial charge is 0.360 e. The second-order valence-corrected chi connectivity index (χ2v) is 5.63. The third-order valence-corrected chi connectivity index (χ3v) is 4.06. The van der Waals surface area contributed by atoms with Crippen LogP contribution < -0.4 is 10.6 Å². The molecule has 0 bridgehead atoms. The van der Waals surface area contributed by atoms with Crippen molar-refractivity contribution in [3.8, 4) is 12.1 Å². The van der Waals surface area contributed by atoms with Gasteiger partial charge in [-0.15, -0.1) is 0 Å². The zero-order valence-corrected chi connectivity index (χ0v) is 13.3. The first-order valence-electron chi connectivity index (χ1n) is 7.58. The van der Waals surface area contributed by atoms with Gasteiger partial charge in [-0.25, -0.2) is 0 Å². The van der Waals surface area contributed by atoms with E-state index in [4.69, 9.17) is 10.5 Å². The molecule has 1 atom stereocenters. The molecule has 0 aliphatic carbocycles. The van der Waals surface area contributed by atoms with Crippen LogP contribution in [0.2, 0.25) is 0 Å². The Balaban J connectivity index is 1.88. The summed E-state index contributed by atoms with van der Waals surface area (Å²) in [4.78, 5) is 49.3. The van der Waals surface area contributed by atoms with E-state index >= 15 is 0 Å². The minimum Gasteiger partial charge on any atom is -0.360 e. The van der Waals surface area contributed by atoms with Gasteiger partial charge in [-0.1, -0.05) is 0 Å². The Labute approximate surface area is 147 Å². The molecule has 1 unspecified atom stereocenters. The molecule has 2 heterocycles. The van der Waals surface area contributed by atoms with Gasteiger partial charge in [0.2, 0.25) is 11.8 Å². The van der Waals surface area contributed by atoms with Gasteiger partial charge >= 0.3 is 0 Å². The molecule has 0 aromatic heterocycles. The van der Waals surface area contributed by atoms with Crippen LogP contribution in [-0.4, -0.2) is 34.6 Å². The lowest BCUT2D eigenvalue weighted by molar-refractivity contribution is -0.136. The summed E-state index contributed by atoms with van der Waals surface area (Å²) in [5, 5.41) is 22.3. The topological polar surface area (TPSA) is 143 Å². The SMILES string of the molecule is N#CC(C#N)=CNc1ccc2c(c1)C(=O)N(C1CCC(=O)NC1=O)C2=O. The highest BCUT2D eigenvalue weighted by Crippen LogP contribution is 2.29. The van der Waals surface area contributed by atoms with Crippen LogP contribution in [0.15, 0.2) is 30.0 Å². The molecule has 2 N–H and O–H groups in total. The number of nitrogens with one attached hydrogen (secondary N) is 2. The summed E-state index contributed by atoms with van der Waals surface area (Å²) in [6, 6.07) is 6.69. The number of anilines is 1. The summed E-state index contributed by atoms with van der Waals surface area (Å²) in [6.07, 6.45) is 1.31. The van der Waals surface area contributed by atoms with Crippen LogP contribution >= 0.6 is 0 Å². The average molecular weight is 349 g/mol. The molecule has 26 heavy (non-hydrogen) atoms. The third kappa shape index (κ3) is 2.78. The van der Waals surface area contributed by atoms with Crippen molar-refractivity contribution in [1.29, 1.82) is 10.5 Å². The third-order valence-electron chi connectivity index (χ3n) is 4.06. The molecule has 1 fully saturated rings. The summed E-state index contributed by atoms with van der Waals surface area (Å²) in [7, 11) is 0. The second kappa shape index (κ2) is 6.49. The molecule has 0 spiro atoms. The van der Waals surface area contributed by atoms with Gasteiger partial charge in [-0.05, 0) is 24.6 Å². The van der Waals surface area contributed by atoms with Gasteiger partial charge in [0.05, 0.1) is 11.1 Å². The van der Waals surface area contributed by atoms with Crippen molar-refractivity contribution in [3.05, 3.63) is 41.1 Å². The van der Waals surface area contributed by atoms with Crippen LogP contribution in [0.1, 0.15) is 33.6 Å². The van der Waals surface area contributed by atoms with Gasteiger partial charge in [-0.3, -0.25) is 29.4 Å². The van der Waals surface area contributed by atoms with E-state index in [2.05, 4.69) is 10.6 Å². The van der Waals surface area contributed by atoms with Crippen LogP contribution in [0.4, 0.5) is 5.69 Å². The van der Waals surface area contributed by atoms with E-state index in [0.29, 0.717) is 5.69 Å². The smallest absolute Gasteiger partial charge is 0.262 e. The van der Waals surface area contributed by atoms with Crippen LogP contribution in [0, 0.1) is 22.7 Å². The van der Waals surface area contributed by atoms with E-state index in [9.17, 15) is 19.2 Å². The lowest BCUT2D eigenvalue weighted by atomic mass is 10.0. The molecular formula is C17H11N5O4. The van der Waals surface area contributed by atoms with Crippen LogP contribution in [0.3, 0.4) is 0 Å². The Hall–Kier alpha value is -3.98. The minimum atomic E-state index is -1.03. The van der Waals surface area contributed by atoms with Gasteiger partial charge in [0, 0.05) is 18.3 Å². The van der Waals surface area contributed by atoms with Gasteiger partial charge in [0.25, 0.3) is 11.8 Å². The summed E-state index contributed by atoms with van der Waals surface area (Å²) >= 11 is 0. The minimum absolute atomic E-state index is 0.0481. The summed E-state index contributed by atoms with van der Waals surface area (Å²) in [6.45, 7) is 0. The number of fused-ring (bicyclic) bond motifs is 1. The second-order valence-electron chi connectivity index (χ2n) is 5.63. The normalized spacial score (nSPS) is 18.5. The van der Waals surface area contributed by atoms with Gasteiger partial charge < -0.3 is 5.32 Å². The first-order valence-corrected chi connectivity index (χ1v) is 7.58. The standard InChI is InChI=1S/C17H11N5O4/c18-6-9(7-19)8-20-10-1-2-11-12(5-10)17(26)22(16(11)25)13-3-4-14(23)21-15(13)24/h1-2,5,8,13,20H,3-4H2,(H,21,23,24). The fourth-order valence-electron chi connectivity index (χ4n) is 2.81. The van der Waals surface area contributed by atoms with Crippen molar-refractivity contribution in [3.63, 3.8) is 0 Å². The molecule has 4 amide bonds. The van der Waals surface area contributed by atoms with Crippen molar-refractivity contribution in [1.82, 2.24) is 10.2 Å². The Bertz CT molecular complexity index is 950. The Morgan fingerprint density at radius 3 is 2.50 bits per heavy atom. The number of allylic oxidation sites excluding steroid dienone is 1. The van der Waals surface area contributed by atoms with Crippen LogP contribution in [-0.2, 0) is 9.59 Å². The number of carbonyl (C=O) groups excluding carboxylic acids is 4. The van der Waals surface area contributed by atoms with E-state index in [-0.39, 0.29) is 29.5 Å². The van der Waals surface area contributed by atoms with E-state index in [1.54, 1.807) is 12.1 Å². The molecule has 1 aromatic carbocycles. The summed E-state index contributed by atoms with van der Waals surface area (Å²) < 4.78 is 0. The number of rotatable bonds is 3. The van der Waals surface area contributed by atoms with E-state index in [1.807, 2.05) is 0 Å². The zero-order chi connectivity index (χ0) is 18.8. The van der Waals surface area contributed by atoms with Crippen LogP contribution in [0.25, 0.3) is 0 Å². The van der Waals surface area contributed by atoms with Crippen LogP contribution in [0.5, 0.6) is 0 Å². The number of imide groups is 2. The van der Waals surface area contributed by atoms with Gasteiger partial charge in [0.1, 0.15) is 23.8 Å². The molecule has 9 nitrogen and oxygen atoms in total. The highest BCUT2D eigenvalue weighted by Gasteiger charge is 2.44. The summed E-state index contributed by atoms with van der Waals surface area (Å²) in [5.41, 5.74) is 0.500. The lowest BCUT2D eigenvalue weighted by Gasteiger charge is -2.27.